The minimum atomic E-state index is -1.12. The van der Waals surface area contributed by atoms with E-state index in [-0.39, 0.29) is 10.6 Å². The topological polar surface area (TPSA) is 105 Å². The van der Waals surface area contributed by atoms with Gasteiger partial charge < -0.3 is 16.2 Å². The molecule has 1 heterocycles. The van der Waals surface area contributed by atoms with E-state index in [1.165, 1.54) is 0 Å². The summed E-state index contributed by atoms with van der Waals surface area (Å²) in [6.45, 7) is 3.42. The number of nitrogens with zero attached hydrogens (tertiary/aromatic N) is 1. The van der Waals surface area contributed by atoms with E-state index in [4.69, 9.17) is 10.8 Å². The molecule has 0 saturated carbocycles. The van der Waals surface area contributed by atoms with Crippen molar-refractivity contribution in [3.05, 3.63) is 40.6 Å². The quantitative estimate of drug-likeness (QED) is 0.752. The molecule has 1 amide bonds. The second-order valence-corrected chi connectivity index (χ2v) is 5.08. The highest BCUT2D eigenvalue weighted by Crippen LogP contribution is 2.25. The second kappa shape index (κ2) is 5.30. The van der Waals surface area contributed by atoms with Crippen molar-refractivity contribution in [1.82, 2.24) is 4.37 Å². The first-order valence-corrected chi connectivity index (χ1v) is 6.54. The summed E-state index contributed by atoms with van der Waals surface area (Å²) in [5.74, 6) is -1.53. The molecule has 0 saturated heterocycles. The summed E-state index contributed by atoms with van der Waals surface area (Å²) in [4.78, 5) is 23.2. The number of nitrogen functional groups attached to an aromatic ring is 1. The maximum atomic E-state index is 12.1. The third kappa shape index (κ3) is 2.62. The third-order valence-corrected chi connectivity index (χ3v) is 3.70. The lowest BCUT2D eigenvalue weighted by atomic mass is 10.1. The molecule has 0 radical (unpaired) electrons. The van der Waals surface area contributed by atoms with E-state index in [2.05, 4.69) is 9.69 Å². The van der Waals surface area contributed by atoms with Gasteiger partial charge in [0.2, 0.25) is 0 Å². The number of nitrogens with two attached hydrogens (primary N) is 1. The van der Waals surface area contributed by atoms with Crippen LogP contribution in [0.25, 0.3) is 0 Å². The van der Waals surface area contributed by atoms with Gasteiger partial charge in [0.1, 0.15) is 10.6 Å². The van der Waals surface area contributed by atoms with Crippen LogP contribution in [0.2, 0.25) is 0 Å². The predicted molar refractivity (Wildman–Crippen MR) is 77.4 cm³/mol. The van der Waals surface area contributed by atoms with E-state index < -0.39 is 11.9 Å². The Morgan fingerprint density at radius 3 is 2.65 bits per heavy atom. The second-order valence-electron chi connectivity index (χ2n) is 4.30. The molecule has 1 aromatic heterocycles. The predicted octanol–water partition coefficient (Wildman–Crippen LogP) is 2.29. The Kier molecular flexibility index (Phi) is 3.71. The highest BCUT2D eigenvalue weighted by atomic mass is 32.1. The Bertz CT molecular complexity index is 694. The van der Waals surface area contributed by atoms with Gasteiger partial charge in [-0.3, -0.25) is 4.79 Å². The molecule has 0 aliphatic carbocycles. The van der Waals surface area contributed by atoms with Crippen LogP contribution >= 0.6 is 11.5 Å². The molecule has 7 heteroatoms. The number of carboxylic acids is 1. The zero-order valence-electron chi connectivity index (χ0n) is 10.9. The minimum absolute atomic E-state index is 0.0171. The SMILES string of the molecule is Cc1ccc(C(=O)Nc2snc(C)c2C(=O)O)cc1N. The molecule has 2 aromatic rings. The lowest BCUT2D eigenvalue weighted by Crippen LogP contribution is -2.14. The van der Waals surface area contributed by atoms with Gasteiger partial charge in [0.25, 0.3) is 5.91 Å². The molecule has 104 valence electrons. The van der Waals surface area contributed by atoms with Crippen LogP contribution < -0.4 is 11.1 Å². The van der Waals surface area contributed by atoms with E-state index >= 15 is 0 Å². The van der Waals surface area contributed by atoms with Gasteiger partial charge in [-0.15, -0.1) is 0 Å². The number of anilines is 2. The number of nitrogens with one attached hydrogen (secondary N) is 1. The van der Waals surface area contributed by atoms with Gasteiger partial charge in [-0.1, -0.05) is 6.07 Å². The van der Waals surface area contributed by atoms with Crippen molar-refractivity contribution in [2.24, 2.45) is 0 Å². The molecule has 2 rings (SSSR count). The molecular formula is C13H13N3O3S. The molecule has 20 heavy (non-hydrogen) atoms. The van der Waals surface area contributed by atoms with E-state index in [0.29, 0.717) is 16.9 Å². The van der Waals surface area contributed by atoms with E-state index in [1.54, 1.807) is 25.1 Å². The molecule has 1 aromatic carbocycles. The normalized spacial score (nSPS) is 10.3. The first-order valence-electron chi connectivity index (χ1n) is 5.77. The fourth-order valence-electron chi connectivity index (χ4n) is 1.66. The molecule has 6 nitrogen and oxygen atoms in total. The highest BCUT2D eigenvalue weighted by Gasteiger charge is 2.19. The molecule has 0 unspecified atom stereocenters. The smallest absolute Gasteiger partial charge is 0.340 e. The number of carbonyl (C=O) groups is 2. The van der Waals surface area contributed by atoms with Crippen LogP contribution in [0.15, 0.2) is 18.2 Å². The van der Waals surface area contributed by atoms with E-state index in [0.717, 1.165) is 17.1 Å². The Labute approximate surface area is 119 Å². The van der Waals surface area contributed by atoms with Crippen molar-refractivity contribution < 1.29 is 14.7 Å². The van der Waals surface area contributed by atoms with Gasteiger partial charge in [0.05, 0.1) is 5.69 Å². The summed E-state index contributed by atoms with van der Waals surface area (Å²) in [5, 5.41) is 11.9. The standard InChI is InChI=1S/C13H13N3O3S/c1-6-3-4-8(5-9(6)14)11(17)15-12-10(13(18)19)7(2)16-20-12/h3-5H,14H2,1-2H3,(H,15,17)(H,18,19). The van der Waals surface area contributed by atoms with E-state index in [1.807, 2.05) is 6.92 Å². The zero-order valence-corrected chi connectivity index (χ0v) is 11.7. The number of carbonyl (C=O) groups excluding carboxylic acids is 1. The van der Waals surface area contributed by atoms with Crippen LogP contribution in [0.4, 0.5) is 10.7 Å². The Balaban J connectivity index is 2.28. The number of aromatic nitrogens is 1. The average Bonchev–Trinajstić information content (AvgIpc) is 2.73. The van der Waals surface area contributed by atoms with Gasteiger partial charge in [-0.2, -0.15) is 4.37 Å². The van der Waals surface area contributed by atoms with Gasteiger partial charge in [-0.25, -0.2) is 4.79 Å². The first kappa shape index (κ1) is 14.0. The summed E-state index contributed by atoms with van der Waals surface area (Å²) in [6, 6.07) is 4.93. The summed E-state index contributed by atoms with van der Waals surface area (Å²) < 4.78 is 3.94. The Morgan fingerprint density at radius 1 is 1.35 bits per heavy atom. The largest absolute Gasteiger partial charge is 0.478 e. The highest BCUT2D eigenvalue weighted by molar-refractivity contribution is 7.11. The van der Waals surface area contributed by atoms with Crippen molar-refractivity contribution >= 4 is 34.1 Å². The molecular weight excluding hydrogens is 278 g/mol. The molecule has 4 N–H and O–H groups in total. The third-order valence-electron chi connectivity index (χ3n) is 2.85. The lowest BCUT2D eigenvalue weighted by Gasteiger charge is -2.06. The first-order chi connectivity index (χ1) is 9.40. The van der Waals surface area contributed by atoms with Gasteiger partial charge >= 0.3 is 5.97 Å². The molecule has 0 fully saturated rings. The van der Waals surface area contributed by atoms with Crippen LogP contribution in [-0.2, 0) is 0 Å². The fraction of sp³-hybridized carbons (Fsp3) is 0.154. The fourth-order valence-corrected chi connectivity index (χ4v) is 2.45. The summed E-state index contributed by atoms with van der Waals surface area (Å²) in [7, 11) is 0. The maximum absolute atomic E-state index is 12.1. The van der Waals surface area contributed by atoms with Crippen molar-refractivity contribution in [2.75, 3.05) is 11.1 Å². The number of amides is 1. The van der Waals surface area contributed by atoms with Crippen LogP contribution in [0.3, 0.4) is 0 Å². The number of aryl methyl sites for hydroxylation is 2. The molecule has 0 aliphatic rings. The van der Waals surface area contributed by atoms with Crippen molar-refractivity contribution in [3.63, 3.8) is 0 Å². The summed E-state index contributed by atoms with van der Waals surface area (Å²) >= 11 is 0.941. The molecule has 0 bridgehead atoms. The van der Waals surface area contributed by atoms with Crippen molar-refractivity contribution in [2.45, 2.75) is 13.8 Å². The minimum Gasteiger partial charge on any atom is -0.478 e. The van der Waals surface area contributed by atoms with Crippen LogP contribution in [0.5, 0.6) is 0 Å². The van der Waals surface area contributed by atoms with Gasteiger partial charge in [0.15, 0.2) is 0 Å². The van der Waals surface area contributed by atoms with Crippen LogP contribution in [0, 0.1) is 13.8 Å². The summed E-state index contributed by atoms with van der Waals surface area (Å²) in [5.41, 5.74) is 7.90. The monoisotopic (exact) mass is 291 g/mol. The zero-order chi connectivity index (χ0) is 14.9. The average molecular weight is 291 g/mol. The summed E-state index contributed by atoms with van der Waals surface area (Å²) in [6.07, 6.45) is 0. The Morgan fingerprint density at radius 2 is 2.05 bits per heavy atom. The van der Waals surface area contributed by atoms with E-state index in [9.17, 15) is 9.59 Å². The number of hydrogen-bond acceptors (Lipinski definition) is 5. The maximum Gasteiger partial charge on any atom is 0.340 e. The number of aromatic carboxylic acids is 1. The van der Waals surface area contributed by atoms with Crippen LogP contribution in [-0.4, -0.2) is 21.4 Å². The van der Waals surface area contributed by atoms with Crippen molar-refractivity contribution in [3.8, 4) is 0 Å². The Hall–Kier alpha value is -2.41. The molecule has 0 spiro atoms. The number of hydrogen-bond donors (Lipinski definition) is 3. The van der Waals surface area contributed by atoms with Crippen molar-refractivity contribution in [1.29, 1.82) is 0 Å². The molecule has 0 aliphatic heterocycles. The number of benzene rings is 1. The molecule has 0 atom stereocenters. The lowest BCUT2D eigenvalue weighted by molar-refractivity contribution is 0.0697. The van der Waals surface area contributed by atoms with Crippen LogP contribution in [0.1, 0.15) is 32.0 Å². The van der Waals surface area contributed by atoms with Gasteiger partial charge in [-0.05, 0) is 43.1 Å². The van der Waals surface area contributed by atoms with Gasteiger partial charge in [0, 0.05) is 11.3 Å². The number of rotatable bonds is 3. The number of carboxylic acid groups (broad SMARTS) is 1.